The van der Waals surface area contributed by atoms with Crippen molar-refractivity contribution in [3.8, 4) is 0 Å². The summed E-state index contributed by atoms with van der Waals surface area (Å²) in [6, 6.07) is 7.34. The van der Waals surface area contributed by atoms with Crippen molar-refractivity contribution in [2.45, 2.75) is 45.7 Å². The smallest absolute Gasteiger partial charge is 0.319 e. The second kappa shape index (κ2) is 7.97. The number of aryl methyl sites for hydroxylation is 1. The zero-order valence-corrected chi connectivity index (χ0v) is 14.5. The SMILES string of the molecule is CCCC(C)(CO)NC(=O)Nc1ccc(Cn2cc(C)cn2)cc1. The second-order valence-electron chi connectivity index (χ2n) is 6.46. The highest BCUT2D eigenvalue weighted by atomic mass is 16.3. The summed E-state index contributed by atoms with van der Waals surface area (Å²) in [7, 11) is 0. The van der Waals surface area contributed by atoms with E-state index in [1.54, 1.807) is 0 Å². The molecule has 2 amide bonds. The molecule has 0 spiro atoms. The summed E-state index contributed by atoms with van der Waals surface area (Å²) in [5.41, 5.74) is 2.35. The maximum Gasteiger partial charge on any atom is 0.319 e. The summed E-state index contributed by atoms with van der Waals surface area (Å²) >= 11 is 0. The van der Waals surface area contributed by atoms with Gasteiger partial charge in [0.05, 0.1) is 24.9 Å². The minimum atomic E-state index is -0.600. The summed E-state index contributed by atoms with van der Waals surface area (Å²) in [4.78, 5) is 12.1. The van der Waals surface area contributed by atoms with Crippen molar-refractivity contribution in [3.05, 3.63) is 47.8 Å². The van der Waals surface area contributed by atoms with Crippen molar-refractivity contribution in [1.82, 2.24) is 15.1 Å². The van der Waals surface area contributed by atoms with Crippen LogP contribution in [0.1, 0.15) is 37.8 Å². The van der Waals surface area contributed by atoms with Crippen LogP contribution in [-0.4, -0.2) is 33.1 Å². The maximum absolute atomic E-state index is 12.1. The van der Waals surface area contributed by atoms with Gasteiger partial charge in [-0.25, -0.2) is 4.79 Å². The first kappa shape index (κ1) is 18.0. The molecule has 0 saturated carbocycles. The summed E-state index contributed by atoms with van der Waals surface area (Å²) in [5, 5.41) is 19.4. The van der Waals surface area contributed by atoms with Crippen LogP contribution in [0.25, 0.3) is 0 Å². The van der Waals surface area contributed by atoms with Crippen molar-refractivity contribution in [3.63, 3.8) is 0 Å². The number of aliphatic hydroxyl groups is 1. The van der Waals surface area contributed by atoms with Gasteiger partial charge in [-0.15, -0.1) is 0 Å². The predicted molar refractivity (Wildman–Crippen MR) is 95.1 cm³/mol. The minimum Gasteiger partial charge on any atom is -0.394 e. The number of carbonyl (C=O) groups excluding carboxylic acids is 1. The van der Waals surface area contributed by atoms with E-state index in [2.05, 4.69) is 15.7 Å². The van der Waals surface area contributed by atoms with Gasteiger partial charge in [0, 0.05) is 11.9 Å². The van der Waals surface area contributed by atoms with Gasteiger partial charge < -0.3 is 15.7 Å². The van der Waals surface area contributed by atoms with Crippen molar-refractivity contribution in [2.75, 3.05) is 11.9 Å². The third-order valence-electron chi connectivity index (χ3n) is 3.88. The van der Waals surface area contributed by atoms with Crippen molar-refractivity contribution < 1.29 is 9.90 Å². The highest BCUT2D eigenvalue weighted by Crippen LogP contribution is 2.14. The molecule has 2 rings (SSSR count). The molecule has 24 heavy (non-hydrogen) atoms. The van der Waals surface area contributed by atoms with Gasteiger partial charge in [-0.05, 0) is 43.5 Å². The Morgan fingerprint density at radius 1 is 1.33 bits per heavy atom. The molecule has 3 N–H and O–H groups in total. The van der Waals surface area contributed by atoms with Gasteiger partial charge in [0.25, 0.3) is 0 Å². The maximum atomic E-state index is 12.1. The average molecular weight is 330 g/mol. The number of urea groups is 1. The average Bonchev–Trinajstić information content (AvgIpc) is 2.94. The number of aliphatic hydroxyl groups excluding tert-OH is 1. The van der Waals surface area contributed by atoms with E-state index in [0.717, 1.165) is 24.0 Å². The third-order valence-corrected chi connectivity index (χ3v) is 3.88. The molecule has 1 atom stereocenters. The van der Waals surface area contributed by atoms with Gasteiger partial charge in [0.15, 0.2) is 0 Å². The normalized spacial score (nSPS) is 13.3. The lowest BCUT2D eigenvalue weighted by atomic mass is 9.98. The first-order valence-corrected chi connectivity index (χ1v) is 8.22. The Bertz CT molecular complexity index is 666. The van der Waals surface area contributed by atoms with E-state index < -0.39 is 5.54 Å². The Kier molecular flexibility index (Phi) is 5.98. The first-order valence-electron chi connectivity index (χ1n) is 8.22. The van der Waals surface area contributed by atoms with Gasteiger partial charge in [0.1, 0.15) is 0 Å². The molecule has 0 bridgehead atoms. The molecule has 0 aliphatic carbocycles. The molecule has 1 unspecified atom stereocenters. The van der Waals surface area contributed by atoms with Gasteiger partial charge in [-0.1, -0.05) is 25.5 Å². The monoisotopic (exact) mass is 330 g/mol. The molecule has 0 saturated heterocycles. The number of nitrogens with one attached hydrogen (secondary N) is 2. The topological polar surface area (TPSA) is 79.2 Å². The number of carbonyl (C=O) groups is 1. The van der Waals surface area contributed by atoms with E-state index in [1.165, 1.54) is 0 Å². The fourth-order valence-corrected chi connectivity index (χ4v) is 2.60. The number of nitrogens with zero attached hydrogens (tertiary/aromatic N) is 2. The largest absolute Gasteiger partial charge is 0.394 e. The molecule has 1 aromatic heterocycles. The third kappa shape index (κ3) is 5.09. The van der Waals surface area contributed by atoms with Crippen molar-refractivity contribution >= 4 is 11.7 Å². The molecule has 0 aliphatic heterocycles. The van der Waals surface area contributed by atoms with Crippen molar-refractivity contribution in [2.24, 2.45) is 0 Å². The van der Waals surface area contributed by atoms with Crippen LogP contribution in [0.5, 0.6) is 0 Å². The number of benzene rings is 1. The Labute approximate surface area is 142 Å². The van der Waals surface area contributed by atoms with E-state index in [0.29, 0.717) is 12.2 Å². The first-order chi connectivity index (χ1) is 11.4. The lowest BCUT2D eigenvalue weighted by Crippen LogP contribution is -2.50. The number of hydrogen-bond donors (Lipinski definition) is 3. The lowest BCUT2D eigenvalue weighted by molar-refractivity contribution is 0.167. The highest BCUT2D eigenvalue weighted by molar-refractivity contribution is 5.89. The number of hydrogen-bond acceptors (Lipinski definition) is 3. The van der Waals surface area contributed by atoms with Gasteiger partial charge in [-0.2, -0.15) is 5.10 Å². The Morgan fingerprint density at radius 3 is 2.58 bits per heavy atom. The van der Waals surface area contributed by atoms with E-state index in [9.17, 15) is 9.90 Å². The molecule has 6 heteroatoms. The van der Waals surface area contributed by atoms with Crippen LogP contribution >= 0.6 is 0 Å². The van der Waals surface area contributed by atoms with Crippen LogP contribution in [0.15, 0.2) is 36.7 Å². The summed E-state index contributed by atoms with van der Waals surface area (Å²) in [6.45, 7) is 6.47. The minimum absolute atomic E-state index is 0.0868. The summed E-state index contributed by atoms with van der Waals surface area (Å²) in [6.07, 6.45) is 5.43. The molecule has 0 aliphatic rings. The highest BCUT2D eigenvalue weighted by Gasteiger charge is 2.24. The number of aromatic nitrogens is 2. The molecular weight excluding hydrogens is 304 g/mol. The predicted octanol–water partition coefficient (Wildman–Crippen LogP) is 2.91. The number of rotatable bonds is 7. The summed E-state index contributed by atoms with van der Waals surface area (Å²) in [5.74, 6) is 0. The van der Waals surface area contributed by atoms with Gasteiger partial charge >= 0.3 is 6.03 Å². The Balaban J connectivity index is 1.92. The Morgan fingerprint density at radius 2 is 2.04 bits per heavy atom. The molecule has 0 radical (unpaired) electrons. The molecular formula is C18H26N4O2. The van der Waals surface area contributed by atoms with E-state index in [-0.39, 0.29) is 12.6 Å². The fourth-order valence-electron chi connectivity index (χ4n) is 2.60. The van der Waals surface area contributed by atoms with Crippen LogP contribution in [0, 0.1) is 6.92 Å². The molecule has 1 aromatic carbocycles. The second-order valence-corrected chi connectivity index (χ2v) is 6.46. The van der Waals surface area contributed by atoms with Crippen LogP contribution in [0.4, 0.5) is 10.5 Å². The van der Waals surface area contributed by atoms with Crippen LogP contribution in [0.3, 0.4) is 0 Å². The van der Waals surface area contributed by atoms with Crippen LogP contribution < -0.4 is 10.6 Å². The Hall–Kier alpha value is -2.34. The molecule has 130 valence electrons. The van der Waals surface area contributed by atoms with E-state index in [4.69, 9.17) is 0 Å². The zero-order chi connectivity index (χ0) is 17.6. The molecule has 0 fully saturated rings. The van der Waals surface area contributed by atoms with Gasteiger partial charge in [-0.3, -0.25) is 4.68 Å². The lowest BCUT2D eigenvalue weighted by Gasteiger charge is -2.28. The molecule has 6 nitrogen and oxygen atoms in total. The van der Waals surface area contributed by atoms with E-state index in [1.807, 2.05) is 62.1 Å². The standard InChI is InChI=1S/C18H26N4O2/c1-4-9-18(3,13-23)21-17(24)20-16-7-5-15(6-8-16)12-22-11-14(2)10-19-22/h5-8,10-11,23H,4,9,12-13H2,1-3H3,(H2,20,21,24). The number of anilines is 1. The zero-order valence-electron chi connectivity index (χ0n) is 14.5. The molecule has 1 heterocycles. The quantitative estimate of drug-likeness (QED) is 0.730. The van der Waals surface area contributed by atoms with Gasteiger partial charge in [0.2, 0.25) is 0 Å². The van der Waals surface area contributed by atoms with E-state index >= 15 is 0 Å². The molecule has 2 aromatic rings. The van der Waals surface area contributed by atoms with Crippen molar-refractivity contribution in [1.29, 1.82) is 0 Å². The fraction of sp³-hybridized carbons (Fsp3) is 0.444. The van der Waals surface area contributed by atoms with Crippen LogP contribution in [0.2, 0.25) is 0 Å². The van der Waals surface area contributed by atoms with Crippen LogP contribution in [-0.2, 0) is 6.54 Å². The number of amides is 2. The summed E-state index contributed by atoms with van der Waals surface area (Å²) < 4.78 is 1.88.